The summed E-state index contributed by atoms with van der Waals surface area (Å²) in [7, 11) is 1.63. The molecule has 1 amide bonds. The molecule has 7 heteroatoms. The van der Waals surface area contributed by atoms with Crippen LogP contribution in [0.5, 0.6) is 17.2 Å². The number of aromatic nitrogens is 1. The second-order valence-corrected chi connectivity index (χ2v) is 6.15. The summed E-state index contributed by atoms with van der Waals surface area (Å²) in [6.07, 6.45) is 0. The standard InChI is InChI=1S/C18H14N2O4S/c1-22-13-5-2-11(3-6-13)14-9-25-18(19-14)20-17(21)12-4-7-15-16(8-12)24-10-23-15/h2-9H,10H2,1H3,(H,19,20,21). The van der Waals surface area contributed by atoms with E-state index in [4.69, 9.17) is 14.2 Å². The third-order valence-corrected chi connectivity index (χ3v) is 4.50. The summed E-state index contributed by atoms with van der Waals surface area (Å²) in [6, 6.07) is 12.7. The summed E-state index contributed by atoms with van der Waals surface area (Å²) in [5.41, 5.74) is 2.25. The number of carbonyl (C=O) groups is 1. The lowest BCUT2D eigenvalue weighted by Crippen LogP contribution is -2.11. The van der Waals surface area contributed by atoms with E-state index >= 15 is 0 Å². The van der Waals surface area contributed by atoms with Gasteiger partial charge in [-0.15, -0.1) is 11.3 Å². The Labute approximate surface area is 148 Å². The number of amides is 1. The Bertz CT molecular complexity index is 921. The van der Waals surface area contributed by atoms with Crippen LogP contribution in [0.15, 0.2) is 47.8 Å². The van der Waals surface area contributed by atoms with E-state index in [2.05, 4.69) is 10.3 Å². The molecule has 0 unspecified atom stereocenters. The van der Waals surface area contributed by atoms with Gasteiger partial charge in [0.2, 0.25) is 6.79 Å². The van der Waals surface area contributed by atoms with Crippen molar-refractivity contribution in [2.24, 2.45) is 0 Å². The first kappa shape index (κ1) is 15.5. The van der Waals surface area contributed by atoms with Gasteiger partial charge in [0, 0.05) is 16.5 Å². The van der Waals surface area contributed by atoms with E-state index in [1.54, 1.807) is 25.3 Å². The summed E-state index contributed by atoms with van der Waals surface area (Å²) in [6.45, 7) is 0.179. The molecule has 1 aliphatic rings. The normalized spacial score (nSPS) is 12.0. The monoisotopic (exact) mass is 354 g/mol. The fourth-order valence-electron chi connectivity index (χ4n) is 2.43. The topological polar surface area (TPSA) is 69.7 Å². The Morgan fingerprint density at radius 3 is 2.76 bits per heavy atom. The van der Waals surface area contributed by atoms with E-state index in [0.29, 0.717) is 22.2 Å². The molecule has 0 saturated heterocycles. The molecule has 2 heterocycles. The molecule has 0 atom stereocenters. The Balaban J connectivity index is 1.49. The number of anilines is 1. The highest BCUT2D eigenvalue weighted by Crippen LogP contribution is 2.33. The van der Waals surface area contributed by atoms with Gasteiger partial charge in [0.1, 0.15) is 5.75 Å². The number of methoxy groups -OCH3 is 1. The van der Waals surface area contributed by atoms with Crippen LogP contribution in [-0.4, -0.2) is 24.8 Å². The number of hydrogen-bond acceptors (Lipinski definition) is 6. The summed E-state index contributed by atoms with van der Waals surface area (Å²) < 4.78 is 15.7. The molecule has 0 spiro atoms. The van der Waals surface area contributed by atoms with E-state index in [-0.39, 0.29) is 12.7 Å². The van der Waals surface area contributed by atoms with Crippen LogP contribution >= 0.6 is 11.3 Å². The average molecular weight is 354 g/mol. The Morgan fingerprint density at radius 2 is 1.96 bits per heavy atom. The predicted molar refractivity (Wildman–Crippen MR) is 94.6 cm³/mol. The van der Waals surface area contributed by atoms with Gasteiger partial charge < -0.3 is 14.2 Å². The first-order valence-corrected chi connectivity index (χ1v) is 8.42. The van der Waals surface area contributed by atoms with Gasteiger partial charge >= 0.3 is 0 Å². The SMILES string of the molecule is COc1ccc(-c2csc(NC(=O)c3ccc4c(c3)OCO4)n2)cc1. The van der Waals surface area contributed by atoms with Crippen molar-refractivity contribution in [3.63, 3.8) is 0 Å². The van der Waals surface area contributed by atoms with E-state index in [1.807, 2.05) is 29.6 Å². The zero-order valence-electron chi connectivity index (χ0n) is 13.3. The summed E-state index contributed by atoms with van der Waals surface area (Å²) in [4.78, 5) is 16.8. The number of hydrogen-bond donors (Lipinski definition) is 1. The summed E-state index contributed by atoms with van der Waals surface area (Å²) >= 11 is 1.37. The van der Waals surface area contributed by atoms with Crippen LogP contribution in [0.25, 0.3) is 11.3 Å². The molecule has 1 aliphatic heterocycles. The van der Waals surface area contributed by atoms with Crippen LogP contribution in [0.1, 0.15) is 10.4 Å². The van der Waals surface area contributed by atoms with E-state index in [0.717, 1.165) is 17.0 Å². The highest BCUT2D eigenvalue weighted by Gasteiger charge is 2.17. The molecule has 0 fully saturated rings. The van der Waals surface area contributed by atoms with Crippen LogP contribution < -0.4 is 19.5 Å². The molecule has 3 aromatic rings. The van der Waals surface area contributed by atoms with E-state index in [9.17, 15) is 4.79 Å². The van der Waals surface area contributed by atoms with Gasteiger partial charge in [-0.05, 0) is 42.5 Å². The maximum atomic E-state index is 12.4. The molecule has 2 aromatic carbocycles. The fourth-order valence-corrected chi connectivity index (χ4v) is 3.15. The minimum Gasteiger partial charge on any atom is -0.497 e. The van der Waals surface area contributed by atoms with Gasteiger partial charge in [0.25, 0.3) is 5.91 Å². The third kappa shape index (κ3) is 3.14. The van der Waals surface area contributed by atoms with E-state index < -0.39 is 0 Å². The van der Waals surface area contributed by atoms with Gasteiger partial charge in [0.15, 0.2) is 16.6 Å². The number of thiazole rings is 1. The fraction of sp³-hybridized carbons (Fsp3) is 0.111. The molecule has 1 N–H and O–H groups in total. The van der Waals surface area contributed by atoms with Crippen molar-refractivity contribution >= 4 is 22.4 Å². The molecule has 0 radical (unpaired) electrons. The molecular weight excluding hydrogens is 340 g/mol. The highest BCUT2D eigenvalue weighted by atomic mass is 32.1. The van der Waals surface area contributed by atoms with Gasteiger partial charge in [-0.1, -0.05) is 0 Å². The van der Waals surface area contributed by atoms with Gasteiger partial charge in [0.05, 0.1) is 12.8 Å². The lowest BCUT2D eigenvalue weighted by atomic mass is 10.2. The quantitative estimate of drug-likeness (QED) is 0.772. The number of rotatable bonds is 4. The van der Waals surface area contributed by atoms with Gasteiger partial charge in [-0.3, -0.25) is 10.1 Å². The minimum atomic E-state index is -0.242. The molecule has 0 saturated carbocycles. The lowest BCUT2D eigenvalue weighted by molar-refractivity contribution is 0.102. The van der Waals surface area contributed by atoms with Crippen molar-refractivity contribution in [2.45, 2.75) is 0 Å². The maximum absolute atomic E-state index is 12.4. The number of ether oxygens (including phenoxy) is 3. The minimum absolute atomic E-state index is 0.179. The molecule has 0 bridgehead atoms. The zero-order chi connectivity index (χ0) is 17.2. The first-order valence-electron chi connectivity index (χ1n) is 7.54. The predicted octanol–water partition coefficient (Wildman–Crippen LogP) is 3.80. The van der Waals surface area contributed by atoms with Gasteiger partial charge in [-0.2, -0.15) is 0 Å². The number of nitrogens with one attached hydrogen (secondary N) is 1. The van der Waals surface area contributed by atoms with Crippen molar-refractivity contribution in [3.05, 3.63) is 53.4 Å². The van der Waals surface area contributed by atoms with Crippen molar-refractivity contribution in [3.8, 4) is 28.5 Å². The molecule has 25 heavy (non-hydrogen) atoms. The highest BCUT2D eigenvalue weighted by molar-refractivity contribution is 7.14. The van der Waals surface area contributed by atoms with Crippen molar-refractivity contribution in [1.29, 1.82) is 0 Å². The molecule has 4 rings (SSSR count). The Kier molecular flexibility index (Phi) is 3.99. The maximum Gasteiger partial charge on any atom is 0.257 e. The zero-order valence-corrected chi connectivity index (χ0v) is 14.1. The van der Waals surface area contributed by atoms with Crippen LogP contribution in [0.4, 0.5) is 5.13 Å². The van der Waals surface area contributed by atoms with Crippen LogP contribution in [0.3, 0.4) is 0 Å². The van der Waals surface area contributed by atoms with Gasteiger partial charge in [-0.25, -0.2) is 4.98 Å². The van der Waals surface area contributed by atoms with Crippen molar-refractivity contribution < 1.29 is 19.0 Å². The first-order chi connectivity index (χ1) is 12.2. The van der Waals surface area contributed by atoms with Crippen LogP contribution in [0, 0.1) is 0 Å². The average Bonchev–Trinajstić information content (AvgIpc) is 3.30. The largest absolute Gasteiger partial charge is 0.497 e. The molecule has 6 nitrogen and oxygen atoms in total. The molecule has 126 valence electrons. The Morgan fingerprint density at radius 1 is 1.16 bits per heavy atom. The molecule has 0 aliphatic carbocycles. The van der Waals surface area contributed by atoms with Crippen LogP contribution in [-0.2, 0) is 0 Å². The number of benzene rings is 2. The smallest absolute Gasteiger partial charge is 0.257 e. The van der Waals surface area contributed by atoms with E-state index in [1.165, 1.54) is 11.3 Å². The Hall–Kier alpha value is -3.06. The van der Waals surface area contributed by atoms with Crippen molar-refractivity contribution in [1.82, 2.24) is 4.98 Å². The second kappa shape index (κ2) is 6.45. The summed E-state index contributed by atoms with van der Waals surface area (Å²) in [5, 5.41) is 5.25. The molecular formula is C18H14N2O4S. The number of carbonyl (C=O) groups excluding carboxylic acids is 1. The number of nitrogens with zero attached hydrogens (tertiary/aromatic N) is 1. The summed E-state index contributed by atoms with van der Waals surface area (Å²) in [5.74, 6) is 1.77. The second-order valence-electron chi connectivity index (χ2n) is 5.29. The lowest BCUT2D eigenvalue weighted by Gasteiger charge is -2.03. The third-order valence-electron chi connectivity index (χ3n) is 3.75. The molecule has 1 aromatic heterocycles. The van der Waals surface area contributed by atoms with Crippen LogP contribution in [0.2, 0.25) is 0 Å². The number of fused-ring (bicyclic) bond motifs is 1. The van der Waals surface area contributed by atoms with Crippen molar-refractivity contribution in [2.75, 3.05) is 19.2 Å².